The van der Waals surface area contributed by atoms with Crippen molar-refractivity contribution in [3.05, 3.63) is 0 Å². The third-order valence-corrected chi connectivity index (χ3v) is 3.26. The first-order valence-electron chi connectivity index (χ1n) is 7.26. The Morgan fingerprint density at radius 3 is 2.67 bits per heavy atom. The van der Waals surface area contributed by atoms with Gasteiger partial charge < -0.3 is 15.4 Å². The van der Waals surface area contributed by atoms with Crippen molar-refractivity contribution in [3.63, 3.8) is 0 Å². The van der Waals surface area contributed by atoms with Crippen molar-refractivity contribution in [3.8, 4) is 0 Å². The molecule has 0 saturated carbocycles. The molecule has 0 bridgehead atoms. The van der Waals surface area contributed by atoms with Gasteiger partial charge in [-0.3, -0.25) is 4.79 Å². The van der Waals surface area contributed by atoms with Crippen molar-refractivity contribution in [1.82, 2.24) is 10.6 Å². The predicted octanol–water partition coefficient (Wildman–Crippen LogP) is 1.70. The lowest BCUT2D eigenvalue weighted by Gasteiger charge is -2.23. The SMILES string of the molecule is CC(C)CCCCNCC(=O)NC1CCOCC1. The highest BCUT2D eigenvalue weighted by Gasteiger charge is 2.15. The van der Waals surface area contributed by atoms with Crippen LogP contribution < -0.4 is 10.6 Å². The Kier molecular flexibility index (Phi) is 8.01. The van der Waals surface area contributed by atoms with Crippen molar-refractivity contribution < 1.29 is 9.53 Å². The molecule has 0 spiro atoms. The molecule has 0 atom stereocenters. The summed E-state index contributed by atoms with van der Waals surface area (Å²) in [5, 5.41) is 6.25. The molecule has 4 nitrogen and oxygen atoms in total. The normalized spacial score (nSPS) is 17.1. The third kappa shape index (κ3) is 7.67. The number of hydrogen-bond donors (Lipinski definition) is 2. The summed E-state index contributed by atoms with van der Waals surface area (Å²) in [6, 6.07) is 0.314. The second kappa shape index (κ2) is 9.34. The Bertz CT molecular complexity index is 226. The molecular formula is C14H28N2O2. The maximum Gasteiger partial charge on any atom is 0.234 e. The van der Waals surface area contributed by atoms with Crippen molar-refractivity contribution >= 4 is 5.91 Å². The van der Waals surface area contributed by atoms with Gasteiger partial charge in [0.05, 0.1) is 6.54 Å². The van der Waals surface area contributed by atoms with Crippen LogP contribution in [-0.4, -0.2) is 38.3 Å². The molecule has 1 amide bonds. The molecule has 0 aromatic heterocycles. The van der Waals surface area contributed by atoms with Gasteiger partial charge in [-0.25, -0.2) is 0 Å². The molecule has 0 aromatic carbocycles. The minimum atomic E-state index is 0.116. The molecule has 0 unspecified atom stereocenters. The van der Waals surface area contributed by atoms with E-state index in [9.17, 15) is 4.79 Å². The number of hydrogen-bond acceptors (Lipinski definition) is 3. The van der Waals surface area contributed by atoms with Crippen LogP contribution in [0.15, 0.2) is 0 Å². The summed E-state index contributed by atoms with van der Waals surface area (Å²) in [4.78, 5) is 11.6. The molecular weight excluding hydrogens is 228 g/mol. The number of ether oxygens (including phenoxy) is 1. The lowest BCUT2D eigenvalue weighted by Crippen LogP contribution is -2.43. The molecule has 1 heterocycles. The number of unbranched alkanes of at least 4 members (excludes halogenated alkanes) is 1. The second-order valence-corrected chi connectivity index (χ2v) is 5.52. The quantitative estimate of drug-likeness (QED) is 0.650. The van der Waals surface area contributed by atoms with E-state index >= 15 is 0 Å². The van der Waals surface area contributed by atoms with Crippen LogP contribution in [0.4, 0.5) is 0 Å². The summed E-state index contributed by atoms with van der Waals surface area (Å²) in [5.41, 5.74) is 0. The van der Waals surface area contributed by atoms with Gasteiger partial charge in [-0.2, -0.15) is 0 Å². The first-order chi connectivity index (χ1) is 8.68. The lowest BCUT2D eigenvalue weighted by atomic mass is 10.1. The summed E-state index contributed by atoms with van der Waals surface area (Å²) in [7, 11) is 0. The molecule has 0 aliphatic carbocycles. The molecule has 1 saturated heterocycles. The van der Waals surface area contributed by atoms with Crippen LogP contribution in [0.2, 0.25) is 0 Å². The third-order valence-electron chi connectivity index (χ3n) is 3.26. The van der Waals surface area contributed by atoms with Gasteiger partial charge in [-0.15, -0.1) is 0 Å². The predicted molar refractivity (Wildman–Crippen MR) is 73.5 cm³/mol. The molecule has 1 aliphatic rings. The van der Waals surface area contributed by atoms with Crippen LogP contribution in [-0.2, 0) is 9.53 Å². The van der Waals surface area contributed by atoms with Gasteiger partial charge in [0.2, 0.25) is 5.91 Å². The smallest absolute Gasteiger partial charge is 0.234 e. The van der Waals surface area contributed by atoms with Crippen LogP contribution >= 0.6 is 0 Å². The van der Waals surface area contributed by atoms with Crippen LogP contribution in [0.5, 0.6) is 0 Å². The van der Waals surface area contributed by atoms with Gasteiger partial charge in [0.1, 0.15) is 0 Å². The fraction of sp³-hybridized carbons (Fsp3) is 0.929. The maximum absolute atomic E-state index is 11.6. The molecule has 1 rings (SSSR count). The topological polar surface area (TPSA) is 50.4 Å². The van der Waals surface area contributed by atoms with Crippen LogP contribution in [0.25, 0.3) is 0 Å². The van der Waals surface area contributed by atoms with E-state index in [0.717, 1.165) is 44.9 Å². The monoisotopic (exact) mass is 256 g/mol. The number of nitrogens with one attached hydrogen (secondary N) is 2. The van der Waals surface area contributed by atoms with Crippen LogP contribution in [0.1, 0.15) is 46.0 Å². The fourth-order valence-corrected chi connectivity index (χ4v) is 2.13. The second-order valence-electron chi connectivity index (χ2n) is 5.52. The van der Waals surface area contributed by atoms with Crippen molar-refractivity contribution in [2.45, 2.75) is 52.0 Å². The van der Waals surface area contributed by atoms with E-state index in [2.05, 4.69) is 24.5 Å². The Morgan fingerprint density at radius 1 is 1.28 bits per heavy atom. The van der Waals surface area contributed by atoms with E-state index in [-0.39, 0.29) is 5.91 Å². The minimum absolute atomic E-state index is 0.116. The van der Waals surface area contributed by atoms with E-state index < -0.39 is 0 Å². The summed E-state index contributed by atoms with van der Waals surface area (Å²) in [5.74, 6) is 0.896. The van der Waals surface area contributed by atoms with Gasteiger partial charge >= 0.3 is 0 Å². The molecule has 0 aromatic rings. The van der Waals surface area contributed by atoms with Crippen molar-refractivity contribution in [1.29, 1.82) is 0 Å². The zero-order chi connectivity index (χ0) is 13.2. The highest BCUT2D eigenvalue weighted by atomic mass is 16.5. The van der Waals surface area contributed by atoms with E-state index in [1.807, 2.05) is 0 Å². The van der Waals surface area contributed by atoms with Gasteiger partial charge in [0.25, 0.3) is 0 Å². The molecule has 2 N–H and O–H groups in total. The zero-order valence-electron chi connectivity index (χ0n) is 11.8. The lowest BCUT2D eigenvalue weighted by molar-refractivity contribution is -0.121. The highest BCUT2D eigenvalue weighted by Crippen LogP contribution is 2.06. The van der Waals surface area contributed by atoms with Crippen LogP contribution in [0, 0.1) is 5.92 Å². The first kappa shape index (κ1) is 15.4. The number of rotatable bonds is 8. The van der Waals surface area contributed by atoms with Crippen molar-refractivity contribution in [2.75, 3.05) is 26.3 Å². The summed E-state index contributed by atoms with van der Waals surface area (Å²) < 4.78 is 5.26. The Labute approximate surface area is 111 Å². The van der Waals surface area contributed by atoms with E-state index in [1.54, 1.807) is 0 Å². The molecule has 106 valence electrons. The van der Waals surface area contributed by atoms with E-state index in [4.69, 9.17) is 4.74 Å². The van der Waals surface area contributed by atoms with E-state index in [1.165, 1.54) is 12.8 Å². The largest absolute Gasteiger partial charge is 0.381 e. The standard InChI is InChI=1S/C14H28N2O2/c1-12(2)5-3-4-8-15-11-14(17)16-13-6-9-18-10-7-13/h12-13,15H,3-11H2,1-2H3,(H,16,17). The maximum atomic E-state index is 11.6. The average molecular weight is 256 g/mol. The highest BCUT2D eigenvalue weighted by molar-refractivity contribution is 5.78. The Hall–Kier alpha value is -0.610. The average Bonchev–Trinajstić information content (AvgIpc) is 2.34. The molecule has 4 heteroatoms. The molecule has 1 fully saturated rings. The van der Waals surface area contributed by atoms with Crippen molar-refractivity contribution in [2.24, 2.45) is 5.92 Å². The fourth-order valence-electron chi connectivity index (χ4n) is 2.13. The first-order valence-corrected chi connectivity index (χ1v) is 7.26. The van der Waals surface area contributed by atoms with Crippen LogP contribution in [0.3, 0.4) is 0 Å². The summed E-state index contributed by atoms with van der Waals surface area (Å²) >= 11 is 0. The number of carbonyl (C=O) groups excluding carboxylic acids is 1. The van der Waals surface area contributed by atoms with Gasteiger partial charge in [-0.1, -0.05) is 26.7 Å². The summed E-state index contributed by atoms with van der Waals surface area (Å²) in [6.45, 7) is 7.41. The van der Waals surface area contributed by atoms with E-state index in [0.29, 0.717) is 12.6 Å². The minimum Gasteiger partial charge on any atom is -0.381 e. The zero-order valence-corrected chi connectivity index (χ0v) is 11.8. The summed E-state index contributed by atoms with van der Waals surface area (Å²) in [6.07, 6.45) is 5.56. The molecule has 0 radical (unpaired) electrons. The number of carbonyl (C=O) groups is 1. The van der Waals surface area contributed by atoms with Gasteiger partial charge in [0, 0.05) is 19.3 Å². The molecule has 18 heavy (non-hydrogen) atoms. The Morgan fingerprint density at radius 2 is 2.00 bits per heavy atom. The molecule has 1 aliphatic heterocycles. The van der Waals surface area contributed by atoms with Gasteiger partial charge in [0.15, 0.2) is 0 Å². The number of amides is 1. The van der Waals surface area contributed by atoms with Gasteiger partial charge in [-0.05, 0) is 31.7 Å². The Balaban J connectivity index is 1.93.